The number of aliphatic imine (C=N–C) groups is 1. The lowest BCUT2D eigenvalue weighted by molar-refractivity contribution is -0.121. The number of hydrogen-bond donors (Lipinski definition) is 0. The first-order valence-electron chi connectivity index (χ1n) is 8.41. The molecule has 0 atom stereocenters. The molecule has 0 radical (unpaired) electrons. The fourth-order valence-corrected chi connectivity index (χ4v) is 3.56. The maximum absolute atomic E-state index is 12.6. The number of esters is 1. The highest BCUT2D eigenvalue weighted by Gasteiger charge is 2.30. The van der Waals surface area contributed by atoms with E-state index in [1.54, 1.807) is 42.3 Å². The fraction of sp³-hybridized carbons (Fsp3) is 0.190. The highest BCUT2D eigenvalue weighted by atomic mass is 32.2. The van der Waals surface area contributed by atoms with Crippen LogP contribution in [0, 0.1) is 13.8 Å². The molecule has 1 heterocycles. The molecule has 0 bridgehead atoms. The fourth-order valence-electron chi connectivity index (χ4n) is 2.58. The van der Waals surface area contributed by atoms with Gasteiger partial charge in [0.2, 0.25) is 0 Å². The van der Waals surface area contributed by atoms with Crippen molar-refractivity contribution in [2.75, 3.05) is 14.2 Å². The van der Waals surface area contributed by atoms with Crippen molar-refractivity contribution < 1.29 is 14.3 Å². The van der Waals surface area contributed by atoms with Crippen LogP contribution in [-0.4, -0.2) is 36.1 Å². The Morgan fingerprint density at radius 1 is 1.15 bits per heavy atom. The van der Waals surface area contributed by atoms with Gasteiger partial charge in [0.1, 0.15) is 0 Å². The van der Waals surface area contributed by atoms with Crippen molar-refractivity contribution in [3.63, 3.8) is 0 Å². The quantitative estimate of drug-likeness (QED) is 0.588. The van der Waals surface area contributed by atoms with Crippen LogP contribution in [0.1, 0.15) is 27.0 Å². The number of nitrogens with zero attached hydrogens (tertiary/aromatic N) is 2. The second-order valence-corrected chi connectivity index (χ2v) is 7.28. The van der Waals surface area contributed by atoms with Crippen LogP contribution in [0.15, 0.2) is 52.4 Å². The first-order valence-corrected chi connectivity index (χ1v) is 9.22. The Bertz CT molecular complexity index is 962. The van der Waals surface area contributed by atoms with E-state index < -0.39 is 0 Å². The second kappa shape index (κ2) is 7.80. The number of amides is 1. The van der Waals surface area contributed by atoms with Crippen molar-refractivity contribution in [1.29, 1.82) is 0 Å². The van der Waals surface area contributed by atoms with Crippen molar-refractivity contribution in [3.05, 3.63) is 69.6 Å². The van der Waals surface area contributed by atoms with E-state index in [4.69, 9.17) is 4.74 Å². The Balaban J connectivity index is 1.87. The molecule has 27 heavy (non-hydrogen) atoms. The number of carbonyl (C=O) groups is 2. The first kappa shape index (κ1) is 18.9. The number of aryl methyl sites for hydroxylation is 2. The number of methoxy groups -OCH3 is 1. The van der Waals surface area contributed by atoms with Gasteiger partial charge in [0.15, 0.2) is 5.17 Å². The lowest BCUT2D eigenvalue weighted by Gasteiger charge is -2.08. The van der Waals surface area contributed by atoms with Gasteiger partial charge in [-0.05, 0) is 66.6 Å². The number of hydrogen-bond acceptors (Lipinski definition) is 5. The summed E-state index contributed by atoms with van der Waals surface area (Å²) in [7, 11) is 3.07. The van der Waals surface area contributed by atoms with E-state index in [1.165, 1.54) is 18.9 Å². The number of thioether (sulfide) groups is 1. The molecule has 138 valence electrons. The average molecular weight is 380 g/mol. The zero-order valence-corrected chi connectivity index (χ0v) is 16.5. The van der Waals surface area contributed by atoms with E-state index in [1.807, 2.05) is 32.0 Å². The van der Waals surface area contributed by atoms with Gasteiger partial charge in [-0.2, -0.15) is 0 Å². The van der Waals surface area contributed by atoms with E-state index in [0.29, 0.717) is 15.6 Å². The van der Waals surface area contributed by atoms with Crippen LogP contribution in [0.4, 0.5) is 5.69 Å². The minimum atomic E-state index is -0.386. The van der Waals surface area contributed by atoms with Gasteiger partial charge in [-0.25, -0.2) is 9.79 Å². The highest BCUT2D eigenvalue weighted by molar-refractivity contribution is 8.18. The maximum atomic E-state index is 12.6. The number of benzene rings is 2. The average Bonchev–Trinajstić information content (AvgIpc) is 2.92. The molecule has 0 spiro atoms. The van der Waals surface area contributed by atoms with Crippen LogP contribution in [0.25, 0.3) is 6.08 Å². The molecule has 2 aromatic rings. The number of amidine groups is 1. The molecule has 1 saturated heterocycles. The van der Waals surface area contributed by atoms with Gasteiger partial charge >= 0.3 is 5.97 Å². The van der Waals surface area contributed by atoms with E-state index in [0.717, 1.165) is 22.4 Å². The summed E-state index contributed by atoms with van der Waals surface area (Å²) >= 11 is 1.34. The monoisotopic (exact) mass is 380 g/mol. The minimum absolute atomic E-state index is 0.0962. The van der Waals surface area contributed by atoms with Crippen LogP contribution >= 0.6 is 11.8 Å². The van der Waals surface area contributed by atoms with Gasteiger partial charge < -0.3 is 4.74 Å². The topological polar surface area (TPSA) is 59.0 Å². The molecule has 0 unspecified atom stereocenters. The third-order valence-corrected chi connectivity index (χ3v) is 5.27. The molecule has 0 N–H and O–H groups in total. The largest absolute Gasteiger partial charge is 0.465 e. The van der Waals surface area contributed by atoms with Gasteiger partial charge in [-0.1, -0.05) is 24.3 Å². The summed E-state index contributed by atoms with van der Waals surface area (Å²) in [6, 6.07) is 13.0. The Hall–Kier alpha value is -2.86. The molecule has 1 aliphatic heterocycles. The number of likely N-dealkylation sites (N-methyl/N-ethyl adjacent to an activating group) is 1. The summed E-state index contributed by atoms with van der Waals surface area (Å²) in [5.74, 6) is -0.482. The van der Waals surface area contributed by atoms with Crippen molar-refractivity contribution in [2.45, 2.75) is 13.8 Å². The lowest BCUT2D eigenvalue weighted by Crippen LogP contribution is -2.23. The van der Waals surface area contributed by atoms with Gasteiger partial charge in [0.05, 0.1) is 23.3 Å². The Morgan fingerprint density at radius 2 is 1.85 bits per heavy atom. The van der Waals surface area contributed by atoms with E-state index in [9.17, 15) is 9.59 Å². The van der Waals surface area contributed by atoms with E-state index >= 15 is 0 Å². The SMILES string of the molecule is COC(=O)c1ccc(C=C2SC(=Nc3cc(C)ccc3C)N(C)C2=O)cc1. The predicted molar refractivity (Wildman–Crippen MR) is 109 cm³/mol. The Kier molecular flexibility index (Phi) is 5.46. The van der Waals surface area contributed by atoms with Gasteiger partial charge in [0.25, 0.3) is 5.91 Å². The van der Waals surface area contributed by atoms with Gasteiger partial charge in [-0.3, -0.25) is 9.69 Å². The third-order valence-electron chi connectivity index (χ3n) is 4.21. The second-order valence-electron chi connectivity index (χ2n) is 6.27. The molecule has 5 nitrogen and oxygen atoms in total. The molecule has 2 aromatic carbocycles. The Morgan fingerprint density at radius 3 is 2.52 bits per heavy atom. The molecule has 1 amide bonds. The lowest BCUT2D eigenvalue weighted by atomic mass is 10.1. The zero-order chi connectivity index (χ0) is 19.6. The van der Waals surface area contributed by atoms with Crippen LogP contribution in [0.5, 0.6) is 0 Å². The number of rotatable bonds is 3. The molecule has 1 fully saturated rings. The summed E-state index contributed by atoms with van der Waals surface area (Å²) in [5, 5.41) is 0.645. The predicted octanol–water partition coefficient (Wildman–Crippen LogP) is 4.32. The van der Waals surface area contributed by atoms with Crippen molar-refractivity contribution in [3.8, 4) is 0 Å². The molecular formula is C21H20N2O3S. The van der Waals surface area contributed by atoms with Crippen LogP contribution in [0.2, 0.25) is 0 Å². The zero-order valence-electron chi connectivity index (χ0n) is 15.6. The minimum Gasteiger partial charge on any atom is -0.465 e. The smallest absolute Gasteiger partial charge is 0.337 e. The molecular weight excluding hydrogens is 360 g/mol. The highest BCUT2D eigenvalue weighted by Crippen LogP contribution is 2.34. The van der Waals surface area contributed by atoms with Crippen LogP contribution in [-0.2, 0) is 9.53 Å². The van der Waals surface area contributed by atoms with E-state index in [-0.39, 0.29) is 11.9 Å². The normalized spacial score (nSPS) is 17.0. The van der Waals surface area contributed by atoms with E-state index in [2.05, 4.69) is 4.99 Å². The van der Waals surface area contributed by atoms with Gasteiger partial charge in [0, 0.05) is 7.05 Å². The van der Waals surface area contributed by atoms with Crippen LogP contribution < -0.4 is 0 Å². The molecule has 6 heteroatoms. The van der Waals surface area contributed by atoms with Crippen molar-refractivity contribution in [2.24, 2.45) is 4.99 Å². The van der Waals surface area contributed by atoms with Gasteiger partial charge in [-0.15, -0.1) is 0 Å². The standard InChI is InChI=1S/C21H20N2O3S/c1-13-5-6-14(2)17(11-13)22-21-23(3)19(24)18(27-21)12-15-7-9-16(10-8-15)20(25)26-4/h5-12H,1-4H3. The molecule has 0 saturated carbocycles. The van der Waals surface area contributed by atoms with Crippen molar-refractivity contribution >= 4 is 40.6 Å². The third kappa shape index (κ3) is 4.11. The first-order chi connectivity index (χ1) is 12.9. The molecule has 1 aliphatic rings. The maximum Gasteiger partial charge on any atom is 0.337 e. The van der Waals surface area contributed by atoms with Crippen LogP contribution in [0.3, 0.4) is 0 Å². The Labute approximate surface area is 162 Å². The molecule has 3 rings (SSSR count). The summed E-state index contributed by atoms with van der Waals surface area (Å²) in [4.78, 5) is 30.9. The van der Waals surface area contributed by atoms with Crippen molar-refractivity contribution in [1.82, 2.24) is 4.90 Å². The summed E-state index contributed by atoms with van der Waals surface area (Å²) < 4.78 is 4.69. The summed E-state index contributed by atoms with van der Waals surface area (Å²) in [5.41, 5.74) is 4.35. The molecule has 0 aliphatic carbocycles. The number of ether oxygens (including phenoxy) is 1. The molecule has 0 aromatic heterocycles. The summed E-state index contributed by atoms with van der Waals surface area (Å²) in [6.07, 6.45) is 1.80. The summed E-state index contributed by atoms with van der Waals surface area (Å²) in [6.45, 7) is 4.02. The number of carbonyl (C=O) groups excluding carboxylic acids is 2.